The van der Waals surface area contributed by atoms with Crippen molar-refractivity contribution in [1.29, 1.82) is 0 Å². The lowest BCUT2D eigenvalue weighted by molar-refractivity contribution is -0.151. The van der Waals surface area contributed by atoms with E-state index in [-0.39, 0.29) is 30.4 Å². The highest BCUT2D eigenvalue weighted by atomic mass is 16.5. The normalized spacial score (nSPS) is 30.4. The Bertz CT molecular complexity index is 386. The number of nitrogens with two attached hydrogens (primary N) is 1. The molecule has 2 fully saturated rings. The van der Waals surface area contributed by atoms with Crippen molar-refractivity contribution in [3.63, 3.8) is 0 Å². The van der Waals surface area contributed by atoms with Crippen LogP contribution in [0.5, 0.6) is 0 Å². The predicted molar refractivity (Wildman–Crippen MR) is 77.4 cm³/mol. The highest BCUT2D eigenvalue weighted by molar-refractivity contribution is 5.84. The Morgan fingerprint density at radius 2 is 2.00 bits per heavy atom. The van der Waals surface area contributed by atoms with Crippen molar-refractivity contribution in [2.75, 3.05) is 33.4 Å². The molecule has 2 bridgehead atoms. The molecular weight excluding hydrogens is 272 g/mol. The summed E-state index contributed by atoms with van der Waals surface area (Å²) in [4.78, 5) is 26.0. The molecule has 6 heteroatoms. The molecule has 6 nitrogen and oxygen atoms in total. The number of carbonyl (C=O) groups excluding carboxylic acids is 2. The van der Waals surface area contributed by atoms with Crippen LogP contribution in [0.4, 0.5) is 0 Å². The van der Waals surface area contributed by atoms with Gasteiger partial charge in [0.25, 0.3) is 0 Å². The van der Waals surface area contributed by atoms with Crippen molar-refractivity contribution in [2.45, 2.75) is 32.2 Å². The fourth-order valence-electron chi connectivity index (χ4n) is 3.74. The number of esters is 1. The number of hydrogen-bond acceptors (Lipinski definition) is 5. The average Bonchev–Trinajstić information content (AvgIpc) is 3.04. The van der Waals surface area contributed by atoms with E-state index >= 15 is 0 Å². The summed E-state index contributed by atoms with van der Waals surface area (Å²) < 4.78 is 9.99. The maximum Gasteiger partial charge on any atom is 0.325 e. The molecule has 21 heavy (non-hydrogen) atoms. The van der Waals surface area contributed by atoms with E-state index in [0.717, 1.165) is 19.3 Å². The number of amides is 1. The number of nitrogens with zero attached hydrogens (tertiary/aromatic N) is 1. The van der Waals surface area contributed by atoms with Crippen LogP contribution in [-0.4, -0.2) is 56.2 Å². The van der Waals surface area contributed by atoms with Gasteiger partial charge in [-0.2, -0.15) is 0 Å². The van der Waals surface area contributed by atoms with Crippen LogP contribution in [0.1, 0.15) is 26.2 Å². The van der Waals surface area contributed by atoms with Gasteiger partial charge in [-0.15, -0.1) is 0 Å². The molecule has 4 unspecified atom stereocenters. The van der Waals surface area contributed by atoms with Gasteiger partial charge in [0.15, 0.2) is 0 Å². The molecule has 0 heterocycles. The molecule has 4 atom stereocenters. The molecule has 2 saturated carbocycles. The van der Waals surface area contributed by atoms with Gasteiger partial charge in [0, 0.05) is 19.7 Å². The van der Waals surface area contributed by atoms with Gasteiger partial charge < -0.3 is 20.1 Å². The van der Waals surface area contributed by atoms with Crippen molar-refractivity contribution in [1.82, 2.24) is 4.90 Å². The smallest absolute Gasteiger partial charge is 0.325 e. The Hall–Kier alpha value is -1.14. The Morgan fingerprint density at radius 3 is 2.57 bits per heavy atom. The molecule has 0 aliphatic heterocycles. The second-order valence-electron chi connectivity index (χ2n) is 5.99. The maximum atomic E-state index is 12.8. The minimum atomic E-state index is -0.376. The lowest BCUT2D eigenvalue weighted by Gasteiger charge is -2.32. The second-order valence-corrected chi connectivity index (χ2v) is 5.99. The molecule has 0 spiro atoms. The summed E-state index contributed by atoms with van der Waals surface area (Å²) in [6, 6.07) is -0.0662. The van der Waals surface area contributed by atoms with E-state index in [1.54, 1.807) is 18.9 Å². The van der Waals surface area contributed by atoms with Crippen LogP contribution >= 0.6 is 0 Å². The van der Waals surface area contributed by atoms with E-state index < -0.39 is 0 Å². The molecule has 0 aromatic rings. The average molecular weight is 298 g/mol. The number of fused-ring (bicyclic) bond motifs is 2. The van der Waals surface area contributed by atoms with E-state index in [9.17, 15) is 9.59 Å². The number of ether oxygens (including phenoxy) is 2. The third kappa shape index (κ3) is 3.55. The Balaban J connectivity index is 2.01. The minimum Gasteiger partial charge on any atom is -0.465 e. The number of hydrogen-bond donors (Lipinski definition) is 1. The summed E-state index contributed by atoms with van der Waals surface area (Å²) >= 11 is 0. The molecule has 2 aliphatic carbocycles. The largest absolute Gasteiger partial charge is 0.465 e. The topological polar surface area (TPSA) is 81.9 Å². The zero-order valence-corrected chi connectivity index (χ0v) is 12.9. The quantitative estimate of drug-likeness (QED) is 0.688. The summed E-state index contributed by atoms with van der Waals surface area (Å²) in [6.45, 7) is 2.86. The Morgan fingerprint density at radius 1 is 1.29 bits per heavy atom. The SMILES string of the molecule is CCOC(=O)CN(CCOC)C(=O)C1C2CCC(C2)C1N. The highest BCUT2D eigenvalue weighted by Crippen LogP contribution is 2.48. The molecule has 1 amide bonds. The summed E-state index contributed by atoms with van der Waals surface area (Å²) in [7, 11) is 1.58. The van der Waals surface area contributed by atoms with Crippen molar-refractivity contribution < 1.29 is 19.1 Å². The molecule has 0 saturated heterocycles. The Kier molecular flexibility index (Phi) is 5.58. The van der Waals surface area contributed by atoms with E-state index in [1.807, 2.05) is 0 Å². The van der Waals surface area contributed by atoms with Crippen LogP contribution in [0.2, 0.25) is 0 Å². The van der Waals surface area contributed by atoms with Crippen molar-refractivity contribution in [3.8, 4) is 0 Å². The molecule has 120 valence electrons. The monoisotopic (exact) mass is 298 g/mol. The van der Waals surface area contributed by atoms with Crippen molar-refractivity contribution in [3.05, 3.63) is 0 Å². The third-order valence-corrected chi connectivity index (χ3v) is 4.77. The predicted octanol–water partition coefficient (Wildman–Crippen LogP) is 0.398. The van der Waals surface area contributed by atoms with Gasteiger partial charge in [-0.25, -0.2) is 0 Å². The second kappa shape index (κ2) is 7.22. The lowest BCUT2D eigenvalue weighted by Crippen LogP contribution is -2.49. The molecule has 2 aliphatic rings. The van der Waals surface area contributed by atoms with E-state index in [1.165, 1.54) is 0 Å². The molecule has 2 rings (SSSR count). The van der Waals surface area contributed by atoms with Gasteiger partial charge in [0.1, 0.15) is 6.54 Å². The molecule has 0 aromatic carbocycles. The van der Waals surface area contributed by atoms with Crippen LogP contribution in [0, 0.1) is 17.8 Å². The van der Waals surface area contributed by atoms with Gasteiger partial charge in [0.2, 0.25) is 5.91 Å². The van der Waals surface area contributed by atoms with Crippen LogP contribution in [0.15, 0.2) is 0 Å². The molecule has 2 N–H and O–H groups in total. The van der Waals surface area contributed by atoms with Gasteiger partial charge >= 0.3 is 5.97 Å². The van der Waals surface area contributed by atoms with Crippen molar-refractivity contribution in [2.24, 2.45) is 23.5 Å². The lowest BCUT2D eigenvalue weighted by atomic mass is 9.84. The number of rotatable bonds is 7. The fourth-order valence-corrected chi connectivity index (χ4v) is 3.74. The van der Waals surface area contributed by atoms with E-state index in [4.69, 9.17) is 15.2 Å². The first-order valence-corrected chi connectivity index (χ1v) is 7.77. The number of carbonyl (C=O) groups is 2. The van der Waals surface area contributed by atoms with E-state index in [0.29, 0.717) is 31.6 Å². The van der Waals surface area contributed by atoms with Gasteiger partial charge in [-0.05, 0) is 38.0 Å². The number of methoxy groups -OCH3 is 1. The summed E-state index contributed by atoms with van der Waals surface area (Å²) in [5.74, 6) is 0.314. The van der Waals surface area contributed by atoms with Crippen LogP contribution < -0.4 is 5.73 Å². The first-order valence-electron chi connectivity index (χ1n) is 7.77. The molecule has 0 aromatic heterocycles. The summed E-state index contributed by atoms with van der Waals surface area (Å²) in [5, 5.41) is 0. The first-order chi connectivity index (χ1) is 10.1. The highest BCUT2D eigenvalue weighted by Gasteiger charge is 2.50. The van der Waals surface area contributed by atoms with Crippen LogP contribution in [0.25, 0.3) is 0 Å². The first kappa shape index (κ1) is 16.2. The summed E-state index contributed by atoms with van der Waals surface area (Å²) in [5.41, 5.74) is 6.23. The zero-order valence-electron chi connectivity index (χ0n) is 12.9. The van der Waals surface area contributed by atoms with Gasteiger partial charge in [-0.3, -0.25) is 9.59 Å². The maximum absolute atomic E-state index is 12.8. The third-order valence-electron chi connectivity index (χ3n) is 4.77. The van der Waals surface area contributed by atoms with E-state index in [2.05, 4.69) is 0 Å². The summed E-state index contributed by atoms with van der Waals surface area (Å²) in [6.07, 6.45) is 3.26. The zero-order chi connectivity index (χ0) is 15.4. The van der Waals surface area contributed by atoms with Crippen LogP contribution in [-0.2, 0) is 19.1 Å². The van der Waals surface area contributed by atoms with Crippen molar-refractivity contribution >= 4 is 11.9 Å². The minimum absolute atomic E-state index is 0.0141. The Labute approximate surface area is 125 Å². The fraction of sp³-hybridized carbons (Fsp3) is 0.867. The van der Waals surface area contributed by atoms with Crippen LogP contribution in [0.3, 0.4) is 0 Å². The van der Waals surface area contributed by atoms with Gasteiger partial charge in [-0.1, -0.05) is 0 Å². The molecular formula is C15H26N2O4. The molecule has 0 radical (unpaired) electrons. The van der Waals surface area contributed by atoms with Gasteiger partial charge in [0.05, 0.1) is 19.1 Å². The standard InChI is InChI=1S/C15H26N2O4/c1-3-21-12(18)9-17(6-7-20-2)15(19)13-10-4-5-11(8-10)14(13)16/h10-11,13-14H,3-9,16H2,1-2H3.